The van der Waals surface area contributed by atoms with Crippen molar-refractivity contribution in [2.24, 2.45) is 10.8 Å². The lowest BCUT2D eigenvalue weighted by Gasteiger charge is -2.24. The Morgan fingerprint density at radius 1 is 0.784 bits per heavy atom. The summed E-state index contributed by atoms with van der Waals surface area (Å²) in [5.41, 5.74) is 9.15. The molecule has 0 radical (unpaired) electrons. The van der Waals surface area contributed by atoms with E-state index in [0.717, 1.165) is 12.0 Å². The number of rotatable bonds is 6. The Morgan fingerprint density at radius 2 is 1.19 bits per heavy atom. The minimum absolute atomic E-state index is 0. The Hall–Kier alpha value is -2.86. The Balaban J connectivity index is -0.00000101. The van der Waals surface area contributed by atoms with Crippen molar-refractivity contribution in [2.75, 3.05) is 0 Å². The van der Waals surface area contributed by atoms with Crippen LogP contribution in [0.5, 0.6) is 0 Å². The summed E-state index contributed by atoms with van der Waals surface area (Å²) in [6, 6.07) is 17.4. The van der Waals surface area contributed by atoms with Gasteiger partial charge in [0.1, 0.15) is 0 Å². The van der Waals surface area contributed by atoms with Crippen LogP contribution in [-0.4, -0.2) is 0 Å². The summed E-state index contributed by atoms with van der Waals surface area (Å²) in [7, 11) is 0. The zero-order valence-electron chi connectivity index (χ0n) is 25.4. The largest absolute Gasteiger partial charge is 0.106 e. The molecular weight excluding hydrogens is 444 g/mol. The van der Waals surface area contributed by atoms with Gasteiger partial charge in [-0.05, 0) is 64.5 Å². The molecule has 0 fully saturated rings. The zero-order valence-corrected chi connectivity index (χ0v) is 25.4. The zero-order chi connectivity index (χ0) is 28.5. The molecule has 0 aromatic heterocycles. The predicted molar refractivity (Wildman–Crippen MR) is 176 cm³/mol. The van der Waals surface area contributed by atoms with Crippen molar-refractivity contribution >= 4 is 11.1 Å². The van der Waals surface area contributed by atoms with E-state index in [4.69, 9.17) is 0 Å². The van der Waals surface area contributed by atoms with Crippen LogP contribution in [0.1, 0.15) is 98.9 Å². The number of hydrogen-bond acceptors (Lipinski definition) is 0. The molecule has 0 unspecified atom stereocenters. The molecule has 0 atom stereocenters. The van der Waals surface area contributed by atoms with Crippen LogP contribution in [0.25, 0.3) is 11.1 Å². The van der Waals surface area contributed by atoms with Crippen LogP contribution < -0.4 is 0 Å². The van der Waals surface area contributed by atoms with Crippen LogP contribution in [0.4, 0.5) is 0 Å². The monoisotopic (exact) mass is 502 g/mol. The second-order valence-electron chi connectivity index (χ2n) is 11.1. The third kappa shape index (κ3) is 16.5. The van der Waals surface area contributed by atoms with Crippen molar-refractivity contribution in [1.29, 1.82) is 0 Å². The van der Waals surface area contributed by atoms with E-state index >= 15 is 0 Å². The van der Waals surface area contributed by atoms with Crippen LogP contribution in [0.15, 0.2) is 98.6 Å². The third-order valence-corrected chi connectivity index (χ3v) is 4.78. The second kappa shape index (κ2) is 19.3. The molecule has 2 aromatic rings. The molecule has 0 heterocycles. The van der Waals surface area contributed by atoms with Gasteiger partial charge < -0.3 is 0 Å². The molecule has 0 bridgehead atoms. The van der Waals surface area contributed by atoms with Crippen molar-refractivity contribution in [2.45, 2.75) is 90.0 Å². The van der Waals surface area contributed by atoms with Crippen molar-refractivity contribution in [3.63, 3.8) is 0 Å². The molecule has 0 N–H and O–H groups in total. The number of aryl methyl sites for hydroxylation is 1. The number of hydrogen-bond donors (Lipinski definition) is 0. The fourth-order valence-corrected chi connectivity index (χ4v) is 3.23. The topological polar surface area (TPSA) is 0 Å². The van der Waals surface area contributed by atoms with Gasteiger partial charge in [-0.25, -0.2) is 0 Å². The highest BCUT2D eigenvalue weighted by Crippen LogP contribution is 2.34. The van der Waals surface area contributed by atoms with Crippen molar-refractivity contribution in [3.05, 3.63) is 121 Å². The summed E-state index contributed by atoms with van der Waals surface area (Å²) in [5.74, 6) is 0. The summed E-state index contributed by atoms with van der Waals surface area (Å²) in [4.78, 5) is 0. The first-order valence-corrected chi connectivity index (χ1v) is 13.1. The first-order valence-electron chi connectivity index (χ1n) is 13.1. The molecule has 0 aliphatic rings. The Morgan fingerprint density at radius 3 is 1.54 bits per heavy atom. The minimum atomic E-state index is 0. The Kier molecular flexibility index (Phi) is 20.1. The van der Waals surface area contributed by atoms with E-state index in [1.165, 1.54) is 33.4 Å². The van der Waals surface area contributed by atoms with Crippen molar-refractivity contribution in [1.82, 2.24) is 0 Å². The van der Waals surface area contributed by atoms with Crippen molar-refractivity contribution < 1.29 is 0 Å². The molecule has 0 nitrogen and oxygen atoms in total. The highest BCUT2D eigenvalue weighted by atomic mass is 14.2. The van der Waals surface area contributed by atoms with Gasteiger partial charge in [-0.15, -0.1) is 13.2 Å². The average molecular weight is 503 g/mol. The molecule has 0 amide bonds. The lowest BCUT2D eigenvalue weighted by atomic mass is 9.81. The van der Waals surface area contributed by atoms with Gasteiger partial charge in [-0.3, -0.25) is 0 Å². The summed E-state index contributed by atoms with van der Waals surface area (Å²) >= 11 is 0. The summed E-state index contributed by atoms with van der Waals surface area (Å²) in [6.45, 7) is 38.0. The van der Waals surface area contributed by atoms with Crippen LogP contribution in [0.3, 0.4) is 0 Å². The van der Waals surface area contributed by atoms with Crippen LogP contribution in [0.2, 0.25) is 0 Å². The lowest BCUT2D eigenvalue weighted by Crippen LogP contribution is -2.09. The molecular formula is C37H58. The Bertz CT molecular complexity index is 941. The van der Waals surface area contributed by atoms with E-state index in [1.807, 2.05) is 19.9 Å². The molecule has 0 aliphatic heterocycles. The summed E-state index contributed by atoms with van der Waals surface area (Å²) < 4.78 is 0. The fourth-order valence-electron chi connectivity index (χ4n) is 3.23. The first-order chi connectivity index (χ1) is 16.8. The van der Waals surface area contributed by atoms with Crippen LogP contribution >= 0.6 is 0 Å². The second-order valence-corrected chi connectivity index (χ2v) is 11.1. The smallest absolute Gasteiger partial charge is 0.00257 e. The number of benzene rings is 2. The van der Waals surface area contributed by atoms with E-state index < -0.39 is 0 Å². The van der Waals surface area contributed by atoms with Gasteiger partial charge >= 0.3 is 0 Å². The van der Waals surface area contributed by atoms with Gasteiger partial charge in [-0.2, -0.15) is 0 Å². The summed E-state index contributed by atoms with van der Waals surface area (Å²) in [5, 5.41) is 0. The maximum atomic E-state index is 4.30. The molecule has 0 saturated carbocycles. The van der Waals surface area contributed by atoms with Crippen LogP contribution in [-0.2, 0) is 6.42 Å². The quantitative estimate of drug-likeness (QED) is 0.272. The fraction of sp³-hybridized carbons (Fsp3) is 0.405. The normalized spacial score (nSPS) is 11.2. The molecule has 2 rings (SSSR count). The van der Waals surface area contributed by atoms with Gasteiger partial charge in [0.15, 0.2) is 0 Å². The third-order valence-electron chi connectivity index (χ3n) is 4.78. The number of allylic oxidation sites excluding steroid dienone is 6. The molecule has 2 aromatic carbocycles. The van der Waals surface area contributed by atoms with E-state index in [1.54, 1.807) is 0 Å². The molecule has 0 aliphatic carbocycles. The van der Waals surface area contributed by atoms with Gasteiger partial charge in [0.25, 0.3) is 0 Å². The Labute approximate surface area is 232 Å². The van der Waals surface area contributed by atoms with Gasteiger partial charge in [-0.1, -0.05) is 155 Å². The first kappa shape index (κ1) is 38.7. The maximum absolute atomic E-state index is 4.30. The van der Waals surface area contributed by atoms with Gasteiger partial charge in [0.2, 0.25) is 0 Å². The molecule has 0 spiro atoms. The van der Waals surface area contributed by atoms with Gasteiger partial charge in [0.05, 0.1) is 0 Å². The minimum Gasteiger partial charge on any atom is -0.106 e. The highest BCUT2D eigenvalue weighted by molar-refractivity contribution is 5.80. The molecule has 0 heteroatoms. The average Bonchev–Trinajstić information content (AvgIpc) is 2.82. The summed E-state index contributed by atoms with van der Waals surface area (Å²) in [6.07, 6.45) is 7.13. The van der Waals surface area contributed by atoms with E-state index in [0.29, 0.717) is 5.41 Å². The van der Waals surface area contributed by atoms with E-state index in [2.05, 4.69) is 149 Å². The molecule has 206 valence electrons. The highest BCUT2D eigenvalue weighted by Gasteiger charge is 2.18. The van der Waals surface area contributed by atoms with E-state index in [-0.39, 0.29) is 12.8 Å². The lowest BCUT2D eigenvalue weighted by molar-refractivity contribution is 0.469. The molecule has 37 heavy (non-hydrogen) atoms. The molecule has 0 saturated heterocycles. The van der Waals surface area contributed by atoms with Gasteiger partial charge in [0, 0.05) is 0 Å². The standard InChI is InChI=1S/C27H32.C5H12.C2H6.C2H4.CH4/c1-8-10-26(27(5,6)7)25(9-2)24-17-15-23(16-18-24)21(4)19-22-13-11-20(3)12-14-22;1-5(2,3)4;2*1-2;/h8-18H,2,4,19H2,1,3,5-7H3;1-4H3;1-2H3;1-2H2;1H4/b10-8-,26-25-;;;;. The van der Waals surface area contributed by atoms with Crippen molar-refractivity contribution in [3.8, 4) is 0 Å². The van der Waals surface area contributed by atoms with E-state index in [9.17, 15) is 0 Å². The van der Waals surface area contributed by atoms with Crippen LogP contribution in [0, 0.1) is 17.8 Å². The SMILES string of the molecule is C.C=C.C=C/C(=C(\C=C/C)C(C)(C)C)c1ccc(C(=C)Cc2ccc(C)cc2)cc1.CC.CC(C)(C)C. The maximum Gasteiger partial charge on any atom is -0.00257 e. The predicted octanol–water partition coefficient (Wildman–Crippen LogP) is 12.3.